The van der Waals surface area contributed by atoms with Gasteiger partial charge in [0.2, 0.25) is 0 Å². The second-order valence-electron chi connectivity index (χ2n) is 13.4. The molecule has 0 bridgehead atoms. The van der Waals surface area contributed by atoms with E-state index >= 15 is 4.39 Å². The second-order valence-corrected chi connectivity index (χ2v) is 13.4. The Hall–Kier alpha value is -4.10. The zero-order chi connectivity index (χ0) is 33.5. The summed E-state index contributed by atoms with van der Waals surface area (Å²) < 4.78 is 69.0. The summed E-state index contributed by atoms with van der Waals surface area (Å²) in [4.78, 5) is 49.1. The minimum Gasteiger partial charge on any atom is -0.461 e. The number of rotatable bonds is 7. The monoisotopic (exact) mass is 638 g/mol. The van der Waals surface area contributed by atoms with E-state index in [1.165, 1.54) is 6.07 Å². The molecule has 45 heavy (non-hydrogen) atoms. The van der Waals surface area contributed by atoms with E-state index in [-0.39, 0.29) is 42.5 Å². The number of amides is 2. The Bertz CT molecular complexity index is 1500. The molecule has 10 nitrogen and oxygen atoms in total. The minimum absolute atomic E-state index is 0.00245. The molecular formula is C31H38F4N4O6. The Morgan fingerprint density at radius 1 is 1.07 bits per heavy atom. The van der Waals surface area contributed by atoms with Crippen molar-refractivity contribution < 1.29 is 46.2 Å². The summed E-state index contributed by atoms with van der Waals surface area (Å²) in [7, 11) is 0. The van der Waals surface area contributed by atoms with Gasteiger partial charge in [0.1, 0.15) is 24.1 Å². The van der Waals surface area contributed by atoms with Crippen LogP contribution in [0.2, 0.25) is 0 Å². The maximum Gasteiger partial charge on any atom is 0.418 e. The van der Waals surface area contributed by atoms with Crippen LogP contribution in [0.15, 0.2) is 18.3 Å². The molecule has 1 fully saturated rings. The smallest absolute Gasteiger partial charge is 0.418 e. The van der Waals surface area contributed by atoms with Gasteiger partial charge < -0.3 is 30.4 Å². The highest BCUT2D eigenvalue weighted by Crippen LogP contribution is 2.43. The Kier molecular flexibility index (Phi) is 9.28. The van der Waals surface area contributed by atoms with E-state index in [1.54, 1.807) is 34.6 Å². The molecule has 4 rings (SSSR count). The lowest BCUT2D eigenvalue weighted by Gasteiger charge is -2.31. The number of hydrogen-bond donors (Lipinski definition) is 3. The van der Waals surface area contributed by atoms with Crippen molar-refractivity contribution in [2.75, 3.05) is 11.9 Å². The molecule has 2 amide bonds. The number of carbonyl (C=O) groups is 4. The van der Waals surface area contributed by atoms with Crippen LogP contribution in [0.4, 0.5) is 28.0 Å². The van der Waals surface area contributed by atoms with E-state index in [0.717, 1.165) is 16.8 Å². The number of alkyl halides is 3. The van der Waals surface area contributed by atoms with Gasteiger partial charge in [0.15, 0.2) is 5.78 Å². The van der Waals surface area contributed by atoms with Crippen molar-refractivity contribution in [3.63, 3.8) is 0 Å². The minimum atomic E-state index is -4.81. The molecular weight excluding hydrogens is 600 g/mol. The number of nitrogens with one attached hydrogen (secondary N) is 2. The van der Waals surface area contributed by atoms with Crippen LogP contribution < -0.4 is 16.4 Å². The SMILES string of the molecule is CC1(C)CC(=O)c2c(C(F)(F)F)cn(-c3cc(F)c(C(N)=O)c(NC4CCC(OC(=O)CNC(=O)OC(C)(C)C)CC4)c3)c2C1. The average molecular weight is 639 g/mol. The highest BCUT2D eigenvalue weighted by Gasteiger charge is 2.44. The number of ether oxygens (including phenoxy) is 2. The molecule has 0 saturated heterocycles. The third kappa shape index (κ3) is 8.14. The van der Waals surface area contributed by atoms with E-state index in [1.807, 2.05) is 0 Å². The summed E-state index contributed by atoms with van der Waals surface area (Å²) in [6.07, 6.45) is -3.41. The molecule has 4 N–H and O–H groups in total. The van der Waals surface area contributed by atoms with E-state index in [9.17, 15) is 32.3 Å². The van der Waals surface area contributed by atoms with Crippen LogP contribution in [0, 0.1) is 11.2 Å². The number of ketones is 1. The number of fused-ring (bicyclic) bond motifs is 1. The summed E-state index contributed by atoms with van der Waals surface area (Å²) >= 11 is 0. The number of nitrogens with two attached hydrogens (primary N) is 1. The largest absolute Gasteiger partial charge is 0.461 e. The van der Waals surface area contributed by atoms with Crippen LogP contribution in [-0.2, 0) is 26.9 Å². The van der Waals surface area contributed by atoms with E-state index in [4.69, 9.17) is 15.2 Å². The topological polar surface area (TPSA) is 142 Å². The normalized spacial score (nSPS) is 19.8. The van der Waals surface area contributed by atoms with Gasteiger partial charge in [-0.3, -0.25) is 14.4 Å². The summed E-state index contributed by atoms with van der Waals surface area (Å²) in [6, 6.07) is 1.97. The van der Waals surface area contributed by atoms with Gasteiger partial charge >= 0.3 is 18.2 Å². The molecule has 0 radical (unpaired) electrons. The molecule has 0 aliphatic heterocycles. The second kappa shape index (κ2) is 12.4. The van der Waals surface area contributed by atoms with Crippen molar-refractivity contribution in [3.05, 3.63) is 46.5 Å². The van der Waals surface area contributed by atoms with Crippen molar-refractivity contribution >= 4 is 29.4 Å². The Morgan fingerprint density at radius 3 is 2.29 bits per heavy atom. The fourth-order valence-electron chi connectivity index (χ4n) is 5.84. The van der Waals surface area contributed by atoms with Gasteiger partial charge in [0.25, 0.3) is 5.91 Å². The fraction of sp³-hybridized carbons (Fsp3) is 0.548. The third-order valence-corrected chi connectivity index (χ3v) is 7.68. The number of primary amides is 1. The Morgan fingerprint density at radius 2 is 1.71 bits per heavy atom. The molecule has 0 unspecified atom stereocenters. The lowest BCUT2D eigenvalue weighted by Crippen LogP contribution is -2.38. The summed E-state index contributed by atoms with van der Waals surface area (Å²) in [5, 5.41) is 5.44. The first-order valence-corrected chi connectivity index (χ1v) is 14.7. The molecule has 1 aromatic carbocycles. The van der Waals surface area contributed by atoms with Crippen molar-refractivity contribution in [2.24, 2.45) is 11.1 Å². The summed E-state index contributed by atoms with van der Waals surface area (Å²) in [5.41, 5.74) is 2.27. The van der Waals surface area contributed by atoms with Crippen LogP contribution in [0.5, 0.6) is 0 Å². The third-order valence-electron chi connectivity index (χ3n) is 7.68. The maximum absolute atomic E-state index is 15.4. The number of esters is 1. The van der Waals surface area contributed by atoms with Gasteiger partial charge in [0, 0.05) is 24.4 Å². The quantitative estimate of drug-likeness (QED) is 0.262. The lowest BCUT2D eigenvalue weighted by atomic mass is 9.75. The van der Waals surface area contributed by atoms with Crippen LogP contribution in [0.3, 0.4) is 0 Å². The van der Waals surface area contributed by atoms with Crippen LogP contribution in [0.25, 0.3) is 5.69 Å². The fourth-order valence-corrected chi connectivity index (χ4v) is 5.84. The average Bonchev–Trinajstić information content (AvgIpc) is 3.26. The summed E-state index contributed by atoms with van der Waals surface area (Å²) in [5.74, 6) is -3.38. The summed E-state index contributed by atoms with van der Waals surface area (Å²) in [6.45, 7) is 8.24. The molecule has 2 aliphatic carbocycles. The predicted octanol–water partition coefficient (Wildman–Crippen LogP) is 5.68. The van der Waals surface area contributed by atoms with E-state index in [0.29, 0.717) is 25.7 Å². The van der Waals surface area contributed by atoms with Gasteiger partial charge in [-0.1, -0.05) is 13.8 Å². The van der Waals surface area contributed by atoms with Crippen LogP contribution in [-0.4, -0.2) is 52.6 Å². The molecule has 0 spiro atoms. The van der Waals surface area contributed by atoms with E-state index in [2.05, 4.69) is 10.6 Å². The van der Waals surface area contributed by atoms with Gasteiger partial charge in [-0.2, -0.15) is 13.2 Å². The van der Waals surface area contributed by atoms with Gasteiger partial charge in [-0.15, -0.1) is 0 Å². The molecule has 0 atom stereocenters. The Balaban J connectivity index is 1.52. The number of benzene rings is 1. The number of Topliss-reactive ketones (excluding diaryl/α,β-unsaturated/α-hetero) is 1. The standard InChI is InChI=1S/C31H38F4N4O6/c1-29(2,3)45-28(43)37-14-24(41)44-18-8-6-16(7-9-18)38-21-11-17(10-20(32)26(21)27(36)42)39-15-19(31(33,34)35)25-22(39)12-30(4,5)13-23(25)40/h10-11,15-16,18,38H,6-9,12-14H2,1-5H3,(H2,36,42)(H,37,43). The zero-order valence-corrected chi connectivity index (χ0v) is 25.8. The van der Waals surface area contributed by atoms with Gasteiger partial charge in [-0.05, 0) is 70.4 Å². The molecule has 2 aliphatic rings. The van der Waals surface area contributed by atoms with Crippen LogP contribution >= 0.6 is 0 Å². The van der Waals surface area contributed by atoms with Crippen molar-refractivity contribution in [1.82, 2.24) is 9.88 Å². The number of nitrogens with zero attached hydrogens (tertiary/aromatic N) is 1. The molecule has 246 valence electrons. The van der Waals surface area contributed by atoms with Gasteiger partial charge in [-0.25, -0.2) is 9.18 Å². The number of anilines is 1. The molecule has 1 saturated carbocycles. The molecule has 14 heteroatoms. The predicted molar refractivity (Wildman–Crippen MR) is 156 cm³/mol. The number of halogens is 4. The van der Waals surface area contributed by atoms with Crippen molar-refractivity contribution in [3.8, 4) is 5.69 Å². The van der Waals surface area contributed by atoms with Crippen LogP contribution in [0.1, 0.15) is 98.7 Å². The molecule has 2 aromatic rings. The van der Waals surface area contributed by atoms with Crippen molar-refractivity contribution in [1.29, 1.82) is 0 Å². The zero-order valence-electron chi connectivity index (χ0n) is 25.8. The number of aromatic nitrogens is 1. The van der Waals surface area contributed by atoms with E-state index < -0.39 is 69.6 Å². The van der Waals surface area contributed by atoms with Crippen molar-refractivity contribution in [2.45, 2.75) is 97.1 Å². The molecule has 1 aromatic heterocycles. The molecule has 1 heterocycles. The number of hydrogen-bond acceptors (Lipinski definition) is 7. The maximum atomic E-state index is 15.4. The first-order valence-electron chi connectivity index (χ1n) is 14.7. The first kappa shape index (κ1) is 33.8. The first-order chi connectivity index (χ1) is 20.7. The highest BCUT2D eigenvalue weighted by atomic mass is 19.4. The highest BCUT2D eigenvalue weighted by molar-refractivity contribution is 6.01. The van der Waals surface area contributed by atoms with Gasteiger partial charge in [0.05, 0.1) is 28.1 Å². The number of carbonyl (C=O) groups excluding carboxylic acids is 4. The Labute approximate surface area is 258 Å². The lowest BCUT2D eigenvalue weighted by molar-refractivity contribution is -0.149. The number of alkyl carbamates (subject to hydrolysis) is 1.